The number of carbonyl (C=O) groups is 2. The molecule has 0 saturated heterocycles. The monoisotopic (exact) mass is 393 g/mol. The standard InChI is InChI=1S/C23H20ClNO3/c1-15-8-6-7-11-21(15)28-16(2)23(27)25-20-13-12-18(24)14-19(20)22(26)17-9-4-3-5-10-17/h3-14,16H,1-2H3,(H,25,27)/t16-/m1/s1. The van der Waals surface area contributed by atoms with E-state index in [4.69, 9.17) is 16.3 Å². The first kappa shape index (κ1) is 19.6. The molecule has 0 spiro atoms. The summed E-state index contributed by atoms with van der Waals surface area (Å²) in [7, 11) is 0. The Bertz CT molecular complexity index is 1000. The summed E-state index contributed by atoms with van der Waals surface area (Å²) in [6, 6.07) is 21.1. The second-order valence-electron chi connectivity index (χ2n) is 6.40. The Morgan fingerprint density at radius 3 is 2.36 bits per heavy atom. The van der Waals surface area contributed by atoms with Gasteiger partial charge in [-0.3, -0.25) is 9.59 Å². The fourth-order valence-electron chi connectivity index (χ4n) is 2.73. The predicted octanol–water partition coefficient (Wildman–Crippen LogP) is 5.29. The van der Waals surface area contributed by atoms with Gasteiger partial charge in [0.05, 0.1) is 5.69 Å². The predicted molar refractivity (Wildman–Crippen MR) is 111 cm³/mol. The van der Waals surface area contributed by atoms with Gasteiger partial charge in [0.15, 0.2) is 11.9 Å². The first-order chi connectivity index (χ1) is 13.5. The molecule has 0 unspecified atom stereocenters. The van der Waals surface area contributed by atoms with Gasteiger partial charge < -0.3 is 10.1 Å². The molecule has 1 amide bonds. The number of ketones is 1. The molecule has 0 radical (unpaired) electrons. The van der Waals surface area contributed by atoms with E-state index in [2.05, 4.69) is 5.32 Å². The van der Waals surface area contributed by atoms with E-state index in [0.29, 0.717) is 27.6 Å². The fraction of sp³-hybridized carbons (Fsp3) is 0.130. The lowest BCUT2D eigenvalue weighted by atomic mass is 10.0. The second-order valence-corrected chi connectivity index (χ2v) is 6.84. The van der Waals surface area contributed by atoms with Crippen LogP contribution in [0.3, 0.4) is 0 Å². The zero-order chi connectivity index (χ0) is 20.1. The normalized spacial score (nSPS) is 11.5. The van der Waals surface area contributed by atoms with Crippen LogP contribution in [-0.2, 0) is 4.79 Å². The molecule has 0 heterocycles. The zero-order valence-corrected chi connectivity index (χ0v) is 16.4. The van der Waals surface area contributed by atoms with Crippen molar-refractivity contribution in [2.45, 2.75) is 20.0 Å². The number of hydrogen-bond acceptors (Lipinski definition) is 3. The van der Waals surface area contributed by atoms with Gasteiger partial charge in [0, 0.05) is 16.1 Å². The third-order valence-electron chi connectivity index (χ3n) is 4.29. The molecule has 0 aliphatic heterocycles. The number of para-hydroxylation sites is 1. The first-order valence-electron chi connectivity index (χ1n) is 8.88. The Labute approximate surface area is 169 Å². The molecule has 0 aliphatic carbocycles. The average Bonchev–Trinajstić information content (AvgIpc) is 2.71. The van der Waals surface area contributed by atoms with Gasteiger partial charge in [-0.05, 0) is 43.7 Å². The van der Waals surface area contributed by atoms with Gasteiger partial charge in [-0.15, -0.1) is 0 Å². The smallest absolute Gasteiger partial charge is 0.265 e. The van der Waals surface area contributed by atoms with Gasteiger partial charge >= 0.3 is 0 Å². The number of ether oxygens (including phenoxy) is 1. The molecular weight excluding hydrogens is 374 g/mol. The van der Waals surface area contributed by atoms with Gasteiger partial charge in [-0.2, -0.15) is 0 Å². The Hall–Kier alpha value is -3.11. The minimum Gasteiger partial charge on any atom is -0.481 e. The fourth-order valence-corrected chi connectivity index (χ4v) is 2.90. The van der Waals surface area contributed by atoms with E-state index in [0.717, 1.165) is 5.56 Å². The van der Waals surface area contributed by atoms with Crippen LogP contribution in [-0.4, -0.2) is 17.8 Å². The van der Waals surface area contributed by atoms with E-state index in [1.54, 1.807) is 49.4 Å². The maximum atomic E-state index is 12.9. The molecule has 0 aromatic heterocycles. The summed E-state index contributed by atoms with van der Waals surface area (Å²) in [5.41, 5.74) is 2.18. The summed E-state index contributed by atoms with van der Waals surface area (Å²) in [5, 5.41) is 3.20. The summed E-state index contributed by atoms with van der Waals surface area (Å²) < 4.78 is 5.76. The molecule has 1 N–H and O–H groups in total. The van der Waals surface area contributed by atoms with Crippen molar-refractivity contribution in [3.63, 3.8) is 0 Å². The van der Waals surface area contributed by atoms with Crippen molar-refractivity contribution in [1.82, 2.24) is 0 Å². The quantitative estimate of drug-likeness (QED) is 0.579. The molecule has 4 nitrogen and oxygen atoms in total. The highest BCUT2D eigenvalue weighted by Crippen LogP contribution is 2.24. The largest absolute Gasteiger partial charge is 0.481 e. The SMILES string of the molecule is Cc1ccccc1O[C@H](C)C(=O)Nc1ccc(Cl)cc1C(=O)c1ccccc1. The van der Waals surface area contributed by atoms with Gasteiger partial charge in [-0.1, -0.05) is 60.1 Å². The van der Waals surface area contributed by atoms with Crippen LogP contribution in [0.4, 0.5) is 5.69 Å². The summed E-state index contributed by atoms with van der Waals surface area (Å²) >= 11 is 6.08. The minimum absolute atomic E-state index is 0.217. The van der Waals surface area contributed by atoms with Crippen molar-refractivity contribution >= 4 is 29.0 Å². The summed E-state index contributed by atoms with van der Waals surface area (Å²) in [6.45, 7) is 3.58. The van der Waals surface area contributed by atoms with Crippen LogP contribution in [0.2, 0.25) is 5.02 Å². The molecule has 28 heavy (non-hydrogen) atoms. The maximum Gasteiger partial charge on any atom is 0.265 e. The van der Waals surface area contributed by atoms with Gasteiger partial charge in [0.2, 0.25) is 0 Å². The number of benzene rings is 3. The summed E-state index contributed by atoms with van der Waals surface area (Å²) in [5.74, 6) is 0.0698. The number of rotatable bonds is 6. The van der Waals surface area contributed by atoms with Gasteiger partial charge in [0.25, 0.3) is 5.91 Å². The van der Waals surface area contributed by atoms with Crippen LogP contribution < -0.4 is 10.1 Å². The van der Waals surface area contributed by atoms with Crippen molar-refractivity contribution in [2.75, 3.05) is 5.32 Å². The number of amides is 1. The van der Waals surface area contributed by atoms with Crippen molar-refractivity contribution in [2.24, 2.45) is 0 Å². The summed E-state index contributed by atoms with van der Waals surface area (Å²) in [6.07, 6.45) is -0.739. The molecular formula is C23H20ClNO3. The highest BCUT2D eigenvalue weighted by Gasteiger charge is 2.20. The third-order valence-corrected chi connectivity index (χ3v) is 4.52. The Balaban J connectivity index is 1.81. The molecule has 0 fully saturated rings. The number of carbonyl (C=O) groups excluding carboxylic acids is 2. The van der Waals surface area contributed by atoms with E-state index < -0.39 is 6.10 Å². The highest BCUT2D eigenvalue weighted by molar-refractivity contribution is 6.31. The van der Waals surface area contributed by atoms with Crippen molar-refractivity contribution < 1.29 is 14.3 Å². The van der Waals surface area contributed by atoms with E-state index in [1.165, 1.54) is 0 Å². The average molecular weight is 394 g/mol. The lowest BCUT2D eigenvalue weighted by Gasteiger charge is -2.17. The van der Waals surface area contributed by atoms with Crippen LogP contribution in [0.25, 0.3) is 0 Å². The molecule has 0 bridgehead atoms. The van der Waals surface area contributed by atoms with Crippen LogP contribution in [0.5, 0.6) is 5.75 Å². The third kappa shape index (κ3) is 4.59. The van der Waals surface area contributed by atoms with E-state index in [9.17, 15) is 9.59 Å². The van der Waals surface area contributed by atoms with Crippen molar-refractivity contribution in [1.29, 1.82) is 0 Å². The molecule has 3 aromatic carbocycles. The molecule has 5 heteroatoms. The maximum absolute atomic E-state index is 12.9. The van der Waals surface area contributed by atoms with Crippen LogP contribution in [0.15, 0.2) is 72.8 Å². The molecule has 3 aromatic rings. The number of anilines is 1. The zero-order valence-electron chi connectivity index (χ0n) is 15.6. The summed E-state index contributed by atoms with van der Waals surface area (Å²) in [4.78, 5) is 25.5. The van der Waals surface area contributed by atoms with Crippen LogP contribution >= 0.6 is 11.6 Å². The number of hydrogen-bond donors (Lipinski definition) is 1. The van der Waals surface area contributed by atoms with Gasteiger partial charge in [0.1, 0.15) is 5.75 Å². The van der Waals surface area contributed by atoms with Crippen molar-refractivity contribution in [3.8, 4) is 5.75 Å². The van der Waals surface area contributed by atoms with E-state index in [1.807, 2.05) is 37.3 Å². The first-order valence-corrected chi connectivity index (χ1v) is 9.26. The highest BCUT2D eigenvalue weighted by atomic mass is 35.5. The molecule has 0 aliphatic rings. The second kappa shape index (κ2) is 8.72. The Morgan fingerprint density at radius 1 is 0.964 bits per heavy atom. The number of halogens is 1. The Morgan fingerprint density at radius 2 is 1.64 bits per heavy atom. The van der Waals surface area contributed by atoms with Crippen LogP contribution in [0, 0.1) is 6.92 Å². The molecule has 1 atom stereocenters. The minimum atomic E-state index is -0.739. The number of aryl methyl sites for hydroxylation is 1. The van der Waals surface area contributed by atoms with Crippen molar-refractivity contribution in [3.05, 3.63) is 94.5 Å². The number of nitrogens with one attached hydrogen (secondary N) is 1. The lowest BCUT2D eigenvalue weighted by Crippen LogP contribution is -2.31. The topological polar surface area (TPSA) is 55.4 Å². The Kier molecular flexibility index (Phi) is 6.12. The molecule has 0 saturated carbocycles. The lowest BCUT2D eigenvalue weighted by molar-refractivity contribution is -0.122. The van der Waals surface area contributed by atoms with Crippen LogP contribution in [0.1, 0.15) is 28.4 Å². The molecule has 142 valence electrons. The van der Waals surface area contributed by atoms with E-state index in [-0.39, 0.29) is 11.7 Å². The molecule has 3 rings (SSSR count). The van der Waals surface area contributed by atoms with Gasteiger partial charge in [-0.25, -0.2) is 0 Å². The van der Waals surface area contributed by atoms with E-state index >= 15 is 0 Å².